The number of hydrogen-bond acceptors (Lipinski definition) is 3. The Labute approximate surface area is 147 Å². The zero-order valence-corrected chi connectivity index (χ0v) is 15.7. The maximum absolute atomic E-state index is 11.0. The van der Waals surface area contributed by atoms with Crippen molar-refractivity contribution in [3.8, 4) is 0 Å². The molecule has 0 radical (unpaired) electrons. The first-order valence-corrected chi connectivity index (χ1v) is 9.74. The summed E-state index contributed by atoms with van der Waals surface area (Å²) in [7, 11) is -1.48. The van der Waals surface area contributed by atoms with Crippen molar-refractivity contribution >= 4 is 39.2 Å². The summed E-state index contributed by atoms with van der Waals surface area (Å²) in [5.74, 6) is 0.614. The number of aliphatic imine (C=N–C) groups is 1. The number of nitrogens with zero attached hydrogens (tertiary/aromatic N) is 1. The van der Waals surface area contributed by atoms with Crippen LogP contribution in [0.1, 0.15) is 24.9 Å². The first-order chi connectivity index (χ1) is 10.7. The molecule has 0 spiro atoms. The maximum Gasteiger partial charge on any atom is 0.208 e. The molecule has 1 aromatic rings. The van der Waals surface area contributed by atoms with Crippen LogP contribution in [0.15, 0.2) is 23.2 Å². The van der Waals surface area contributed by atoms with Gasteiger partial charge in [-0.2, -0.15) is 0 Å². The van der Waals surface area contributed by atoms with Gasteiger partial charge in [-0.15, -0.1) is 0 Å². The zero-order chi connectivity index (χ0) is 17.5. The van der Waals surface area contributed by atoms with Crippen molar-refractivity contribution in [2.75, 3.05) is 26.4 Å². The molecule has 0 aliphatic heterocycles. The van der Waals surface area contributed by atoms with Gasteiger partial charge in [-0.3, -0.25) is 4.99 Å². The Hall–Kier alpha value is -1.02. The molecule has 0 aliphatic rings. The predicted molar refractivity (Wildman–Crippen MR) is 96.8 cm³/mol. The smallest absolute Gasteiger partial charge is 0.208 e. The summed E-state index contributed by atoms with van der Waals surface area (Å²) >= 11 is 12.1. The standard InChI is InChI=1S/C14H22Cl2N4O2S/c1-10(12-6-5-11(15)9-13(12)16)20-14(17-2)18-7-4-8-19-23(3,21)22/h5-6,9-10,19H,4,7-8H2,1-3H3,(H2,17,18,20). The number of nitrogens with one attached hydrogen (secondary N) is 3. The van der Waals surface area contributed by atoms with Gasteiger partial charge in [0, 0.05) is 30.2 Å². The van der Waals surface area contributed by atoms with Gasteiger partial charge in [0.05, 0.1) is 12.3 Å². The van der Waals surface area contributed by atoms with E-state index in [1.165, 1.54) is 0 Å². The second-order valence-electron chi connectivity index (χ2n) is 5.05. The van der Waals surface area contributed by atoms with Crippen LogP contribution in [-0.2, 0) is 10.0 Å². The van der Waals surface area contributed by atoms with Crippen LogP contribution in [0.4, 0.5) is 0 Å². The molecule has 3 N–H and O–H groups in total. The van der Waals surface area contributed by atoms with Crippen LogP contribution < -0.4 is 15.4 Å². The van der Waals surface area contributed by atoms with Gasteiger partial charge in [0.1, 0.15) is 0 Å². The molecule has 6 nitrogen and oxygen atoms in total. The van der Waals surface area contributed by atoms with Crippen molar-refractivity contribution in [2.45, 2.75) is 19.4 Å². The van der Waals surface area contributed by atoms with Gasteiger partial charge in [0.25, 0.3) is 0 Å². The van der Waals surface area contributed by atoms with Crippen molar-refractivity contribution < 1.29 is 8.42 Å². The fourth-order valence-electron chi connectivity index (χ4n) is 1.88. The second kappa shape index (κ2) is 9.32. The lowest BCUT2D eigenvalue weighted by Crippen LogP contribution is -2.40. The van der Waals surface area contributed by atoms with E-state index in [0.29, 0.717) is 35.5 Å². The SMILES string of the molecule is CN=C(NCCCNS(C)(=O)=O)NC(C)c1ccc(Cl)cc1Cl. The predicted octanol–water partition coefficient (Wildman–Crippen LogP) is 2.16. The largest absolute Gasteiger partial charge is 0.356 e. The quantitative estimate of drug-likeness (QED) is 0.384. The second-order valence-corrected chi connectivity index (χ2v) is 7.73. The van der Waals surface area contributed by atoms with Gasteiger partial charge in [-0.1, -0.05) is 29.3 Å². The molecule has 0 amide bonds. The first kappa shape index (κ1) is 20.0. The monoisotopic (exact) mass is 380 g/mol. The van der Waals surface area contributed by atoms with Crippen LogP contribution >= 0.6 is 23.2 Å². The normalized spacial score (nSPS) is 13.7. The Bertz CT molecular complexity index is 650. The highest BCUT2D eigenvalue weighted by molar-refractivity contribution is 7.88. The Balaban J connectivity index is 2.47. The summed E-state index contributed by atoms with van der Waals surface area (Å²) in [5, 5.41) is 7.52. The summed E-state index contributed by atoms with van der Waals surface area (Å²) in [5.41, 5.74) is 0.915. The molecule has 23 heavy (non-hydrogen) atoms. The average Bonchev–Trinajstić information content (AvgIpc) is 2.44. The number of sulfonamides is 1. The molecule has 1 atom stereocenters. The van der Waals surface area contributed by atoms with E-state index >= 15 is 0 Å². The molecule has 130 valence electrons. The maximum atomic E-state index is 11.0. The Kier molecular flexibility index (Phi) is 8.11. The van der Waals surface area contributed by atoms with Gasteiger partial charge < -0.3 is 10.6 Å². The third-order valence-electron chi connectivity index (χ3n) is 3.02. The van der Waals surface area contributed by atoms with Gasteiger partial charge in [-0.25, -0.2) is 13.1 Å². The Morgan fingerprint density at radius 3 is 2.57 bits per heavy atom. The van der Waals surface area contributed by atoms with Crippen molar-refractivity contribution in [1.82, 2.24) is 15.4 Å². The summed E-state index contributed by atoms with van der Waals surface area (Å²) in [6, 6.07) is 5.30. The fraction of sp³-hybridized carbons (Fsp3) is 0.500. The number of benzene rings is 1. The third-order valence-corrected chi connectivity index (χ3v) is 4.31. The third kappa shape index (κ3) is 7.87. The fourth-order valence-corrected chi connectivity index (χ4v) is 2.97. The molecule has 0 aliphatic carbocycles. The molecule has 1 rings (SSSR count). The molecule has 0 bridgehead atoms. The van der Waals surface area contributed by atoms with Crippen LogP contribution in [0, 0.1) is 0 Å². The molecular formula is C14H22Cl2N4O2S. The lowest BCUT2D eigenvalue weighted by molar-refractivity contribution is 0.584. The molecule has 0 heterocycles. The molecule has 0 saturated heterocycles. The lowest BCUT2D eigenvalue weighted by atomic mass is 10.1. The van der Waals surface area contributed by atoms with Crippen molar-refractivity contribution in [3.05, 3.63) is 33.8 Å². The molecule has 0 fully saturated rings. The van der Waals surface area contributed by atoms with E-state index in [1.807, 2.05) is 13.0 Å². The minimum atomic E-state index is -3.14. The molecular weight excluding hydrogens is 359 g/mol. The summed E-state index contributed by atoms with van der Waals surface area (Å²) < 4.78 is 24.3. The van der Waals surface area contributed by atoms with Crippen LogP contribution in [0.25, 0.3) is 0 Å². The topological polar surface area (TPSA) is 82.6 Å². The zero-order valence-electron chi connectivity index (χ0n) is 13.4. The van der Waals surface area contributed by atoms with Gasteiger partial charge in [0.2, 0.25) is 10.0 Å². The Morgan fingerprint density at radius 1 is 1.30 bits per heavy atom. The summed E-state index contributed by atoms with van der Waals surface area (Å²) in [6.45, 7) is 2.93. The van der Waals surface area contributed by atoms with Crippen LogP contribution in [0.5, 0.6) is 0 Å². The van der Waals surface area contributed by atoms with E-state index in [2.05, 4.69) is 20.3 Å². The number of rotatable bonds is 7. The van der Waals surface area contributed by atoms with Crippen molar-refractivity contribution in [2.24, 2.45) is 4.99 Å². The van der Waals surface area contributed by atoms with Gasteiger partial charge in [-0.05, 0) is 31.0 Å². The highest BCUT2D eigenvalue weighted by atomic mass is 35.5. The first-order valence-electron chi connectivity index (χ1n) is 7.09. The summed E-state index contributed by atoms with van der Waals surface area (Å²) in [4.78, 5) is 4.13. The molecule has 1 aromatic carbocycles. The molecule has 0 saturated carbocycles. The van der Waals surface area contributed by atoms with E-state index in [-0.39, 0.29) is 6.04 Å². The molecule has 1 unspecified atom stereocenters. The van der Waals surface area contributed by atoms with Gasteiger partial charge in [0.15, 0.2) is 5.96 Å². The lowest BCUT2D eigenvalue weighted by Gasteiger charge is -2.19. The van der Waals surface area contributed by atoms with Crippen LogP contribution in [0.2, 0.25) is 10.0 Å². The van der Waals surface area contributed by atoms with E-state index in [0.717, 1.165) is 11.8 Å². The Morgan fingerprint density at radius 2 is 2.00 bits per heavy atom. The summed E-state index contributed by atoms with van der Waals surface area (Å²) in [6.07, 6.45) is 1.78. The van der Waals surface area contributed by atoms with E-state index in [4.69, 9.17) is 23.2 Å². The minimum absolute atomic E-state index is 0.0555. The number of hydrogen-bond donors (Lipinski definition) is 3. The number of guanidine groups is 1. The van der Waals surface area contributed by atoms with E-state index in [9.17, 15) is 8.42 Å². The van der Waals surface area contributed by atoms with E-state index in [1.54, 1.807) is 19.2 Å². The van der Waals surface area contributed by atoms with E-state index < -0.39 is 10.0 Å². The number of halogens is 2. The minimum Gasteiger partial charge on any atom is -0.356 e. The van der Waals surface area contributed by atoms with Crippen LogP contribution in [-0.4, -0.2) is 40.8 Å². The average molecular weight is 381 g/mol. The highest BCUT2D eigenvalue weighted by Gasteiger charge is 2.11. The highest BCUT2D eigenvalue weighted by Crippen LogP contribution is 2.25. The van der Waals surface area contributed by atoms with Gasteiger partial charge >= 0.3 is 0 Å². The molecule has 9 heteroatoms. The van der Waals surface area contributed by atoms with Crippen LogP contribution in [0.3, 0.4) is 0 Å². The molecule has 0 aromatic heterocycles. The van der Waals surface area contributed by atoms with Crippen molar-refractivity contribution in [1.29, 1.82) is 0 Å². The van der Waals surface area contributed by atoms with Crippen molar-refractivity contribution in [3.63, 3.8) is 0 Å².